The molecule has 88 valence electrons. The van der Waals surface area contributed by atoms with Gasteiger partial charge in [0, 0.05) is 31.7 Å². The molecule has 2 aliphatic rings. The molecule has 3 nitrogen and oxygen atoms in total. The van der Waals surface area contributed by atoms with Crippen molar-refractivity contribution in [2.45, 2.75) is 37.6 Å². The van der Waals surface area contributed by atoms with Gasteiger partial charge in [0.15, 0.2) is 0 Å². The molecule has 0 bridgehead atoms. The Bertz CT molecular complexity index is 193. The zero-order chi connectivity index (χ0) is 10.7. The molecule has 1 aliphatic carbocycles. The second-order valence-electron chi connectivity index (χ2n) is 5.46. The van der Waals surface area contributed by atoms with Crippen LogP contribution in [0.4, 0.5) is 0 Å². The summed E-state index contributed by atoms with van der Waals surface area (Å²) in [5.41, 5.74) is 6.44. The molecule has 0 spiro atoms. The maximum Gasteiger partial charge on any atom is 0.0154 e. The molecule has 1 heterocycles. The van der Waals surface area contributed by atoms with Crippen molar-refractivity contribution in [2.75, 3.05) is 39.8 Å². The van der Waals surface area contributed by atoms with Gasteiger partial charge in [-0.2, -0.15) is 0 Å². The molecule has 3 heteroatoms. The van der Waals surface area contributed by atoms with E-state index in [0.717, 1.165) is 0 Å². The molecule has 0 radical (unpaired) electrons. The topological polar surface area (TPSA) is 32.5 Å². The van der Waals surface area contributed by atoms with Crippen molar-refractivity contribution in [3.05, 3.63) is 0 Å². The third kappa shape index (κ3) is 3.16. The Labute approximate surface area is 93.6 Å². The smallest absolute Gasteiger partial charge is 0.0154 e. The van der Waals surface area contributed by atoms with E-state index in [-0.39, 0.29) is 5.54 Å². The van der Waals surface area contributed by atoms with Crippen LogP contribution in [-0.4, -0.2) is 55.1 Å². The highest BCUT2D eigenvalue weighted by atomic mass is 15.2. The van der Waals surface area contributed by atoms with Gasteiger partial charge in [0.05, 0.1) is 0 Å². The first-order chi connectivity index (χ1) is 7.18. The predicted molar refractivity (Wildman–Crippen MR) is 63.9 cm³/mol. The summed E-state index contributed by atoms with van der Waals surface area (Å²) in [6.07, 6.45) is 6.40. The molecular formula is C12H25N3. The zero-order valence-electron chi connectivity index (χ0n) is 10.0. The van der Waals surface area contributed by atoms with Crippen LogP contribution in [0.1, 0.15) is 32.1 Å². The number of hydrogen-bond donors (Lipinski definition) is 1. The summed E-state index contributed by atoms with van der Waals surface area (Å²) in [5, 5.41) is 0. The van der Waals surface area contributed by atoms with Crippen LogP contribution in [0.2, 0.25) is 0 Å². The van der Waals surface area contributed by atoms with E-state index in [2.05, 4.69) is 16.8 Å². The van der Waals surface area contributed by atoms with Crippen molar-refractivity contribution in [1.29, 1.82) is 0 Å². The molecule has 15 heavy (non-hydrogen) atoms. The molecule has 0 amide bonds. The maximum absolute atomic E-state index is 6.21. The Kier molecular flexibility index (Phi) is 3.65. The highest BCUT2D eigenvalue weighted by Gasteiger charge is 2.31. The lowest BCUT2D eigenvalue weighted by Gasteiger charge is -2.39. The monoisotopic (exact) mass is 211 g/mol. The fourth-order valence-electron chi connectivity index (χ4n) is 2.61. The van der Waals surface area contributed by atoms with E-state index in [9.17, 15) is 0 Å². The fourth-order valence-corrected chi connectivity index (χ4v) is 2.61. The van der Waals surface area contributed by atoms with E-state index < -0.39 is 0 Å². The van der Waals surface area contributed by atoms with Crippen molar-refractivity contribution in [2.24, 2.45) is 5.73 Å². The average molecular weight is 211 g/mol. The minimum atomic E-state index is 0.229. The van der Waals surface area contributed by atoms with Crippen molar-refractivity contribution >= 4 is 0 Å². The lowest BCUT2D eigenvalue weighted by Crippen LogP contribution is -2.48. The molecule has 0 aromatic carbocycles. The van der Waals surface area contributed by atoms with Crippen molar-refractivity contribution < 1.29 is 0 Å². The highest BCUT2D eigenvalue weighted by Crippen LogP contribution is 2.33. The first kappa shape index (κ1) is 11.4. The molecule has 0 aromatic rings. The molecule has 1 aliphatic heterocycles. The van der Waals surface area contributed by atoms with Gasteiger partial charge in [-0.15, -0.1) is 0 Å². The van der Waals surface area contributed by atoms with Crippen LogP contribution in [0, 0.1) is 0 Å². The summed E-state index contributed by atoms with van der Waals surface area (Å²) in [6, 6.07) is 0. The SMILES string of the molecule is CN1CCN(CCCC2(N)CCC2)CC1. The molecule has 1 saturated carbocycles. The lowest BCUT2D eigenvalue weighted by molar-refractivity contribution is 0.142. The Morgan fingerprint density at radius 2 is 1.80 bits per heavy atom. The fraction of sp³-hybridized carbons (Fsp3) is 1.00. The van der Waals surface area contributed by atoms with Gasteiger partial charge < -0.3 is 15.5 Å². The number of piperazine rings is 1. The van der Waals surface area contributed by atoms with Gasteiger partial charge in [-0.25, -0.2) is 0 Å². The summed E-state index contributed by atoms with van der Waals surface area (Å²) in [6.45, 7) is 6.20. The quantitative estimate of drug-likeness (QED) is 0.750. The highest BCUT2D eigenvalue weighted by molar-refractivity contribution is 4.92. The Morgan fingerprint density at radius 1 is 1.13 bits per heavy atom. The Morgan fingerprint density at radius 3 is 2.33 bits per heavy atom. The molecule has 0 aromatic heterocycles. The average Bonchev–Trinajstić information content (AvgIpc) is 2.19. The summed E-state index contributed by atoms with van der Waals surface area (Å²) in [7, 11) is 2.21. The molecule has 2 rings (SSSR count). The molecule has 2 fully saturated rings. The number of hydrogen-bond acceptors (Lipinski definition) is 3. The molecule has 0 atom stereocenters. The molecule has 0 unspecified atom stereocenters. The van der Waals surface area contributed by atoms with E-state index in [1.807, 2.05) is 0 Å². The van der Waals surface area contributed by atoms with Crippen LogP contribution in [0.15, 0.2) is 0 Å². The summed E-state index contributed by atoms with van der Waals surface area (Å²) in [4.78, 5) is 4.99. The number of likely N-dealkylation sites (N-methyl/N-ethyl adjacent to an activating group) is 1. The van der Waals surface area contributed by atoms with Gasteiger partial charge in [0.25, 0.3) is 0 Å². The van der Waals surface area contributed by atoms with Crippen molar-refractivity contribution in [3.63, 3.8) is 0 Å². The zero-order valence-corrected chi connectivity index (χ0v) is 10.0. The maximum atomic E-state index is 6.21. The lowest BCUT2D eigenvalue weighted by atomic mass is 9.74. The van der Waals surface area contributed by atoms with E-state index in [4.69, 9.17) is 5.73 Å². The number of rotatable bonds is 4. The van der Waals surface area contributed by atoms with Gasteiger partial charge >= 0.3 is 0 Å². The summed E-state index contributed by atoms with van der Waals surface area (Å²) < 4.78 is 0. The number of nitrogens with zero attached hydrogens (tertiary/aromatic N) is 2. The van der Waals surface area contributed by atoms with Gasteiger partial charge in [0.2, 0.25) is 0 Å². The minimum Gasteiger partial charge on any atom is -0.325 e. The van der Waals surface area contributed by atoms with Gasteiger partial charge in [-0.05, 0) is 45.7 Å². The molecular weight excluding hydrogens is 186 g/mol. The Balaban J connectivity index is 1.57. The van der Waals surface area contributed by atoms with Crippen LogP contribution < -0.4 is 5.73 Å². The molecule has 2 N–H and O–H groups in total. The van der Waals surface area contributed by atoms with Crippen LogP contribution >= 0.6 is 0 Å². The first-order valence-electron chi connectivity index (χ1n) is 6.38. The van der Waals surface area contributed by atoms with Crippen LogP contribution in [-0.2, 0) is 0 Å². The van der Waals surface area contributed by atoms with Crippen LogP contribution in [0.5, 0.6) is 0 Å². The predicted octanol–water partition coefficient (Wildman–Crippen LogP) is 0.895. The Hall–Kier alpha value is -0.120. The van der Waals surface area contributed by atoms with Gasteiger partial charge in [-0.1, -0.05) is 0 Å². The molecule has 1 saturated heterocycles. The van der Waals surface area contributed by atoms with Gasteiger partial charge in [-0.3, -0.25) is 0 Å². The van der Waals surface area contributed by atoms with E-state index >= 15 is 0 Å². The van der Waals surface area contributed by atoms with E-state index in [0.29, 0.717) is 0 Å². The van der Waals surface area contributed by atoms with Crippen LogP contribution in [0.3, 0.4) is 0 Å². The van der Waals surface area contributed by atoms with Crippen molar-refractivity contribution in [1.82, 2.24) is 9.80 Å². The second kappa shape index (κ2) is 4.81. The second-order valence-corrected chi connectivity index (χ2v) is 5.46. The van der Waals surface area contributed by atoms with Gasteiger partial charge in [0.1, 0.15) is 0 Å². The first-order valence-corrected chi connectivity index (χ1v) is 6.38. The summed E-state index contributed by atoms with van der Waals surface area (Å²) >= 11 is 0. The largest absolute Gasteiger partial charge is 0.325 e. The van der Waals surface area contributed by atoms with Crippen molar-refractivity contribution in [3.8, 4) is 0 Å². The third-order valence-electron chi connectivity index (χ3n) is 4.09. The minimum absolute atomic E-state index is 0.229. The van der Waals surface area contributed by atoms with E-state index in [1.54, 1.807) is 0 Å². The van der Waals surface area contributed by atoms with E-state index in [1.165, 1.54) is 64.8 Å². The van der Waals surface area contributed by atoms with Crippen LogP contribution in [0.25, 0.3) is 0 Å². The third-order valence-corrected chi connectivity index (χ3v) is 4.09. The normalized spacial score (nSPS) is 27.6. The standard InChI is InChI=1S/C12H25N3/c1-14-8-10-15(11-9-14)7-3-6-12(13)4-2-5-12/h2-11,13H2,1H3. The number of nitrogens with two attached hydrogens (primary N) is 1. The summed E-state index contributed by atoms with van der Waals surface area (Å²) in [5.74, 6) is 0.